The Morgan fingerprint density at radius 2 is 2.54 bits per heavy atom. The van der Waals surface area contributed by atoms with Crippen molar-refractivity contribution in [3.8, 4) is 6.07 Å². The van der Waals surface area contributed by atoms with Crippen molar-refractivity contribution < 1.29 is 14.6 Å². The van der Waals surface area contributed by atoms with Crippen LogP contribution in [0.4, 0.5) is 0 Å². The largest absolute Gasteiger partial charge is 0.384 e. The number of hydrogen-bond donors (Lipinski definition) is 2. The van der Waals surface area contributed by atoms with E-state index in [4.69, 9.17) is 15.1 Å². The maximum absolute atomic E-state index is 11.1. The van der Waals surface area contributed by atoms with E-state index >= 15 is 0 Å². The topological polar surface area (TPSA) is 82.4 Å². The van der Waals surface area contributed by atoms with Gasteiger partial charge >= 0.3 is 0 Å². The molecule has 0 radical (unpaired) electrons. The van der Waals surface area contributed by atoms with Crippen molar-refractivity contribution in [2.75, 3.05) is 13.2 Å². The zero-order valence-corrected chi connectivity index (χ0v) is 7.41. The average Bonchev–Trinajstić information content (AvgIpc) is 2.54. The molecule has 5 heteroatoms. The van der Waals surface area contributed by atoms with Gasteiger partial charge in [-0.3, -0.25) is 4.79 Å². The minimum Gasteiger partial charge on any atom is -0.384 e. The van der Waals surface area contributed by atoms with Gasteiger partial charge in [-0.2, -0.15) is 5.26 Å². The smallest absolute Gasteiger partial charge is 0.249 e. The van der Waals surface area contributed by atoms with Crippen LogP contribution in [0.15, 0.2) is 0 Å². The zero-order chi connectivity index (χ0) is 9.90. The Hall–Kier alpha value is -1.12. The van der Waals surface area contributed by atoms with Crippen molar-refractivity contribution in [1.29, 1.82) is 5.26 Å². The number of nitrogens with one attached hydrogen (secondary N) is 1. The summed E-state index contributed by atoms with van der Waals surface area (Å²) in [6.07, 6.45) is -0.618. The normalized spacial score (nSPS) is 29.3. The predicted octanol–water partition coefficient (Wildman–Crippen LogP) is -0.834. The monoisotopic (exact) mass is 184 g/mol. The lowest BCUT2D eigenvalue weighted by Crippen LogP contribution is -2.50. The predicted molar refractivity (Wildman–Crippen MR) is 43.6 cm³/mol. The standard InChI is InChI=1S/C8H12N2O3/c1-6(11)7(12)10-8(4-9)2-3-13-5-8/h6,11H,2-3,5H2,1H3,(H,10,12)/t6-,8?/m0/s1. The number of aliphatic hydroxyl groups is 1. The minimum absolute atomic E-state index is 0.196. The van der Waals surface area contributed by atoms with Crippen molar-refractivity contribution in [1.82, 2.24) is 5.32 Å². The quantitative estimate of drug-likeness (QED) is 0.586. The molecule has 72 valence electrons. The number of aliphatic hydroxyl groups excluding tert-OH is 1. The van der Waals surface area contributed by atoms with Crippen molar-refractivity contribution >= 4 is 5.91 Å². The number of carbonyl (C=O) groups is 1. The fourth-order valence-electron chi connectivity index (χ4n) is 1.12. The van der Waals surface area contributed by atoms with E-state index in [1.54, 1.807) is 0 Å². The second-order valence-corrected chi connectivity index (χ2v) is 3.16. The first-order valence-electron chi connectivity index (χ1n) is 4.09. The van der Waals surface area contributed by atoms with Gasteiger partial charge in [0.05, 0.1) is 19.3 Å². The van der Waals surface area contributed by atoms with Crippen LogP contribution in [0.1, 0.15) is 13.3 Å². The van der Waals surface area contributed by atoms with Crippen molar-refractivity contribution in [2.45, 2.75) is 25.0 Å². The van der Waals surface area contributed by atoms with E-state index in [-0.39, 0.29) is 6.61 Å². The number of carbonyl (C=O) groups excluding carboxylic acids is 1. The van der Waals surface area contributed by atoms with E-state index in [0.29, 0.717) is 13.0 Å². The maximum atomic E-state index is 11.1. The molecule has 0 aromatic rings. The zero-order valence-electron chi connectivity index (χ0n) is 7.41. The first-order chi connectivity index (χ1) is 6.09. The van der Waals surface area contributed by atoms with Gasteiger partial charge in [0.15, 0.2) is 5.54 Å². The third kappa shape index (κ3) is 2.17. The highest BCUT2D eigenvalue weighted by Crippen LogP contribution is 2.17. The van der Waals surface area contributed by atoms with Gasteiger partial charge < -0.3 is 15.2 Å². The van der Waals surface area contributed by atoms with Gasteiger partial charge in [0.1, 0.15) is 6.10 Å². The molecule has 1 fully saturated rings. The summed E-state index contributed by atoms with van der Waals surface area (Å²) in [5, 5.41) is 20.2. The van der Waals surface area contributed by atoms with Gasteiger partial charge in [0, 0.05) is 6.42 Å². The Balaban J connectivity index is 2.60. The molecule has 2 N–H and O–H groups in total. The Kier molecular flexibility index (Phi) is 2.86. The van der Waals surface area contributed by atoms with E-state index in [2.05, 4.69) is 5.32 Å². The molecule has 0 spiro atoms. The molecule has 1 amide bonds. The van der Waals surface area contributed by atoms with Gasteiger partial charge in [-0.25, -0.2) is 0 Å². The summed E-state index contributed by atoms with van der Waals surface area (Å²) in [4.78, 5) is 11.1. The molecule has 5 nitrogen and oxygen atoms in total. The fraction of sp³-hybridized carbons (Fsp3) is 0.750. The van der Waals surface area contributed by atoms with Crippen LogP contribution in [-0.2, 0) is 9.53 Å². The SMILES string of the molecule is C[C@H](O)C(=O)NC1(C#N)CCOC1. The molecule has 13 heavy (non-hydrogen) atoms. The summed E-state index contributed by atoms with van der Waals surface area (Å²) in [7, 11) is 0. The Bertz CT molecular complexity index is 238. The highest BCUT2D eigenvalue weighted by molar-refractivity contribution is 5.81. The Morgan fingerprint density at radius 3 is 2.92 bits per heavy atom. The summed E-state index contributed by atoms with van der Waals surface area (Å²) >= 11 is 0. The molecule has 0 bridgehead atoms. The van der Waals surface area contributed by atoms with Crippen LogP contribution in [0.5, 0.6) is 0 Å². The van der Waals surface area contributed by atoms with Crippen LogP contribution < -0.4 is 5.32 Å². The van der Waals surface area contributed by atoms with Gasteiger partial charge in [0.25, 0.3) is 0 Å². The molecule has 0 aromatic heterocycles. The second-order valence-electron chi connectivity index (χ2n) is 3.16. The summed E-state index contributed by atoms with van der Waals surface area (Å²) in [5.74, 6) is -0.535. The Labute approximate surface area is 76.3 Å². The van der Waals surface area contributed by atoms with Crippen LogP contribution in [0.2, 0.25) is 0 Å². The molecule has 1 unspecified atom stereocenters. The molecule has 0 aromatic carbocycles. The van der Waals surface area contributed by atoms with Crippen LogP contribution in [0, 0.1) is 11.3 Å². The molecule has 1 saturated heterocycles. The second kappa shape index (κ2) is 3.73. The number of nitriles is 1. The van der Waals surface area contributed by atoms with Crippen molar-refractivity contribution in [2.24, 2.45) is 0 Å². The Morgan fingerprint density at radius 1 is 1.85 bits per heavy atom. The molecular formula is C8H12N2O3. The van der Waals surface area contributed by atoms with E-state index in [1.165, 1.54) is 6.92 Å². The molecule has 1 aliphatic heterocycles. The lowest BCUT2D eigenvalue weighted by atomic mass is 10.0. The average molecular weight is 184 g/mol. The van der Waals surface area contributed by atoms with E-state index in [0.717, 1.165) is 0 Å². The lowest BCUT2D eigenvalue weighted by Gasteiger charge is -2.20. The third-order valence-electron chi connectivity index (χ3n) is 1.98. The third-order valence-corrected chi connectivity index (χ3v) is 1.98. The van der Waals surface area contributed by atoms with Crippen LogP contribution in [0.25, 0.3) is 0 Å². The van der Waals surface area contributed by atoms with Crippen LogP contribution in [-0.4, -0.2) is 35.9 Å². The molecule has 2 atom stereocenters. The maximum Gasteiger partial charge on any atom is 0.249 e. The first kappa shape index (κ1) is 9.96. The minimum atomic E-state index is -1.09. The fourth-order valence-corrected chi connectivity index (χ4v) is 1.12. The summed E-state index contributed by atoms with van der Waals surface area (Å²) < 4.78 is 5.01. The molecular weight excluding hydrogens is 172 g/mol. The highest BCUT2D eigenvalue weighted by Gasteiger charge is 2.37. The molecule has 0 saturated carbocycles. The van der Waals surface area contributed by atoms with Gasteiger partial charge in [-0.1, -0.05) is 0 Å². The first-order valence-corrected chi connectivity index (χ1v) is 4.09. The van der Waals surface area contributed by atoms with Crippen molar-refractivity contribution in [3.63, 3.8) is 0 Å². The lowest BCUT2D eigenvalue weighted by molar-refractivity contribution is -0.129. The number of ether oxygens (including phenoxy) is 1. The van der Waals surface area contributed by atoms with Crippen LogP contribution >= 0.6 is 0 Å². The van der Waals surface area contributed by atoms with E-state index in [9.17, 15) is 4.79 Å². The van der Waals surface area contributed by atoms with Crippen molar-refractivity contribution in [3.05, 3.63) is 0 Å². The molecule has 1 aliphatic rings. The van der Waals surface area contributed by atoms with Gasteiger partial charge in [0.2, 0.25) is 5.91 Å². The van der Waals surface area contributed by atoms with Crippen LogP contribution in [0.3, 0.4) is 0 Å². The van der Waals surface area contributed by atoms with E-state index < -0.39 is 17.6 Å². The highest BCUT2D eigenvalue weighted by atomic mass is 16.5. The number of hydrogen-bond acceptors (Lipinski definition) is 4. The van der Waals surface area contributed by atoms with Gasteiger partial charge in [-0.15, -0.1) is 0 Å². The number of amides is 1. The summed E-state index contributed by atoms with van der Waals surface area (Å²) in [5.41, 5.74) is -0.936. The summed E-state index contributed by atoms with van der Waals surface area (Å²) in [6.45, 7) is 2.02. The molecule has 1 heterocycles. The van der Waals surface area contributed by atoms with E-state index in [1.807, 2.05) is 6.07 Å². The molecule has 1 rings (SSSR count). The molecule has 0 aliphatic carbocycles. The van der Waals surface area contributed by atoms with Gasteiger partial charge in [-0.05, 0) is 6.92 Å². The summed E-state index contributed by atoms with van der Waals surface area (Å²) in [6, 6.07) is 2.00. The number of rotatable bonds is 2. The number of nitrogens with zero attached hydrogens (tertiary/aromatic N) is 1.